The van der Waals surface area contributed by atoms with E-state index < -0.39 is 0 Å². The van der Waals surface area contributed by atoms with Crippen molar-refractivity contribution in [2.24, 2.45) is 4.99 Å². The number of rotatable bonds is 3. The third-order valence-corrected chi connectivity index (χ3v) is 3.16. The van der Waals surface area contributed by atoms with Crippen LogP contribution in [0.4, 0.5) is 0 Å². The molecular formula is C11H11ClN2O2S. The summed E-state index contributed by atoms with van der Waals surface area (Å²) in [7, 11) is 0. The number of halogens is 1. The quantitative estimate of drug-likeness (QED) is 0.913. The molecule has 6 heteroatoms. The van der Waals surface area contributed by atoms with Crippen LogP contribution in [0.15, 0.2) is 29.3 Å². The fourth-order valence-electron chi connectivity index (χ4n) is 1.25. The Morgan fingerprint density at radius 1 is 1.47 bits per heavy atom. The molecule has 1 aromatic carbocycles. The van der Waals surface area contributed by atoms with E-state index in [2.05, 4.69) is 10.3 Å². The number of amidine groups is 1. The van der Waals surface area contributed by atoms with Crippen molar-refractivity contribution in [1.29, 1.82) is 0 Å². The smallest absolute Gasteiger partial charge is 0.263 e. The second-order valence-corrected chi connectivity index (χ2v) is 4.85. The summed E-state index contributed by atoms with van der Waals surface area (Å²) < 4.78 is 5.30. The Kier molecular flexibility index (Phi) is 4.28. The third kappa shape index (κ3) is 3.94. The second kappa shape index (κ2) is 5.93. The lowest BCUT2D eigenvalue weighted by atomic mass is 10.3. The van der Waals surface area contributed by atoms with E-state index in [4.69, 9.17) is 16.3 Å². The van der Waals surface area contributed by atoms with Crippen LogP contribution >= 0.6 is 23.4 Å². The predicted molar refractivity (Wildman–Crippen MR) is 69.8 cm³/mol. The highest BCUT2D eigenvalue weighted by molar-refractivity contribution is 8.14. The first-order chi connectivity index (χ1) is 8.24. The number of hydrogen-bond acceptors (Lipinski definition) is 4. The van der Waals surface area contributed by atoms with E-state index in [0.29, 0.717) is 15.9 Å². The van der Waals surface area contributed by atoms with Gasteiger partial charge in [0.15, 0.2) is 11.8 Å². The minimum absolute atomic E-state index is 0.0266. The molecule has 0 spiro atoms. The van der Waals surface area contributed by atoms with Crippen molar-refractivity contribution in [2.75, 3.05) is 18.9 Å². The molecule has 90 valence electrons. The zero-order chi connectivity index (χ0) is 12.1. The number of nitrogens with zero attached hydrogens (tertiary/aromatic N) is 1. The van der Waals surface area contributed by atoms with Gasteiger partial charge in [-0.1, -0.05) is 23.4 Å². The van der Waals surface area contributed by atoms with Gasteiger partial charge in [-0.2, -0.15) is 0 Å². The largest absolute Gasteiger partial charge is 0.484 e. The topological polar surface area (TPSA) is 50.7 Å². The average molecular weight is 271 g/mol. The molecule has 1 aliphatic rings. The number of benzene rings is 1. The molecule has 1 N–H and O–H groups in total. The Labute approximate surface area is 108 Å². The van der Waals surface area contributed by atoms with Gasteiger partial charge in [0.05, 0.1) is 6.54 Å². The van der Waals surface area contributed by atoms with E-state index in [9.17, 15) is 4.79 Å². The standard InChI is InChI=1S/C11H11ClN2O2S/c12-8-1-3-9(4-2-8)16-7-10(15)14-11-13-5-6-17-11/h1-4H,5-7H2,(H,13,14,15). The number of aliphatic imine (C=N–C) groups is 1. The fourth-order valence-corrected chi connectivity index (χ4v) is 2.12. The first kappa shape index (κ1) is 12.3. The highest BCUT2D eigenvalue weighted by Gasteiger charge is 2.11. The van der Waals surface area contributed by atoms with E-state index in [-0.39, 0.29) is 12.5 Å². The van der Waals surface area contributed by atoms with Gasteiger partial charge in [-0.25, -0.2) is 0 Å². The molecule has 0 saturated carbocycles. The molecule has 17 heavy (non-hydrogen) atoms. The first-order valence-corrected chi connectivity index (χ1v) is 6.46. The molecule has 0 atom stereocenters. The summed E-state index contributed by atoms with van der Waals surface area (Å²) in [6, 6.07) is 6.87. The monoisotopic (exact) mass is 270 g/mol. The summed E-state index contributed by atoms with van der Waals surface area (Å²) in [6.45, 7) is 0.736. The number of hydrogen-bond donors (Lipinski definition) is 1. The molecule has 0 radical (unpaired) electrons. The van der Waals surface area contributed by atoms with Crippen LogP contribution in [0.5, 0.6) is 5.75 Å². The molecule has 1 heterocycles. The van der Waals surface area contributed by atoms with Gasteiger partial charge in [0.2, 0.25) is 0 Å². The molecule has 4 nitrogen and oxygen atoms in total. The van der Waals surface area contributed by atoms with Crippen LogP contribution < -0.4 is 10.1 Å². The van der Waals surface area contributed by atoms with Crippen molar-refractivity contribution < 1.29 is 9.53 Å². The highest BCUT2D eigenvalue weighted by atomic mass is 35.5. The van der Waals surface area contributed by atoms with Crippen LogP contribution in [0.1, 0.15) is 0 Å². The second-order valence-electron chi connectivity index (χ2n) is 3.33. The Morgan fingerprint density at radius 3 is 2.88 bits per heavy atom. The van der Waals surface area contributed by atoms with Crippen LogP contribution in [-0.2, 0) is 4.79 Å². The number of carbonyl (C=O) groups excluding carboxylic acids is 1. The number of thioether (sulfide) groups is 1. The maximum absolute atomic E-state index is 11.5. The maximum Gasteiger partial charge on any atom is 0.263 e. The van der Waals surface area contributed by atoms with Gasteiger partial charge >= 0.3 is 0 Å². The van der Waals surface area contributed by atoms with Crippen LogP contribution in [0.3, 0.4) is 0 Å². The van der Waals surface area contributed by atoms with E-state index in [1.54, 1.807) is 24.3 Å². The van der Waals surface area contributed by atoms with Crippen LogP contribution in [0.2, 0.25) is 5.02 Å². The summed E-state index contributed by atoms with van der Waals surface area (Å²) in [5.41, 5.74) is 0. The molecule has 0 aliphatic carbocycles. The van der Waals surface area contributed by atoms with Crippen molar-refractivity contribution in [3.8, 4) is 5.75 Å². The van der Waals surface area contributed by atoms with Gasteiger partial charge in [0, 0.05) is 10.8 Å². The summed E-state index contributed by atoms with van der Waals surface area (Å²) in [4.78, 5) is 15.6. The molecule has 0 bridgehead atoms. The summed E-state index contributed by atoms with van der Waals surface area (Å²) in [5, 5.41) is 4.00. The van der Waals surface area contributed by atoms with Gasteiger partial charge in [-0.3, -0.25) is 9.79 Å². The molecule has 0 aromatic heterocycles. The minimum Gasteiger partial charge on any atom is -0.484 e. The van der Waals surface area contributed by atoms with Crippen molar-refractivity contribution in [1.82, 2.24) is 5.32 Å². The van der Waals surface area contributed by atoms with Gasteiger partial charge < -0.3 is 10.1 Å². The average Bonchev–Trinajstić information content (AvgIpc) is 2.81. The zero-order valence-corrected chi connectivity index (χ0v) is 10.6. The van der Waals surface area contributed by atoms with E-state index in [1.807, 2.05) is 0 Å². The Balaban J connectivity index is 1.77. The number of amides is 1. The molecular weight excluding hydrogens is 260 g/mol. The van der Waals surface area contributed by atoms with Crippen molar-refractivity contribution in [2.45, 2.75) is 0 Å². The molecule has 2 rings (SSSR count). The number of ether oxygens (including phenoxy) is 1. The van der Waals surface area contributed by atoms with Gasteiger partial charge in [0.1, 0.15) is 5.75 Å². The minimum atomic E-state index is -0.201. The van der Waals surface area contributed by atoms with Crippen molar-refractivity contribution in [3.63, 3.8) is 0 Å². The van der Waals surface area contributed by atoms with Crippen LogP contribution in [0.25, 0.3) is 0 Å². The molecule has 1 aliphatic heterocycles. The third-order valence-electron chi connectivity index (χ3n) is 2.02. The SMILES string of the molecule is O=C(COc1ccc(Cl)cc1)NC1=NCCS1. The molecule has 1 amide bonds. The van der Waals surface area contributed by atoms with E-state index in [1.165, 1.54) is 11.8 Å². The molecule has 0 saturated heterocycles. The van der Waals surface area contributed by atoms with Crippen LogP contribution in [0, 0.1) is 0 Å². The van der Waals surface area contributed by atoms with Crippen molar-refractivity contribution >= 4 is 34.4 Å². The Morgan fingerprint density at radius 2 is 2.24 bits per heavy atom. The fraction of sp³-hybridized carbons (Fsp3) is 0.273. The summed E-state index contributed by atoms with van der Waals surface area (Å²) in [6.07, 6.45) is 0. The normalized spacial score (nSPS) is 14.3. The van der Waals surface area contributed by atoms with Gasteiger partial charge in [0.25, 0.3) is 5.91 Å². The van der Waals surface area contributed by atoms with Crippen LogP contribution in [-0.4, -0.2) is 30.0 Å². The first-order valence-electron chi connectivity index (χ1n) is 5.09. The highest BCUT2D eigenvalue weighted by Crippen LogP contribution is 2.15. The lowest BCUT2D eigenvalue weighted by Crippen LogP contribution is -2.31. The number of nitrogens with one attached hydrogen (secondary N) is 1. The van der Waals surface area contributed by atoms with Gasteiger partial charge in [-0.15, -0.1) is 0 Å². The van der Waals surface area contributed by atoms with Gasteiger partial charge in [-0.05, 0) is 24.3 Å². The molecule has 0 fully saturated rings. The van der Waals surface area contributed by atoms with E-state index in [0.717, 1.165) is 12.3 Å². The van der Waals surface area contributed by atoms with Crippen molar-refractivity contribution in [3.05, 3.63) is 29.3 Å². The predicted octanol–water partition coefficient (Wildman–Crippen LogP) is 1.94. The summed E-state index contributed by atoms with van der Waals surface area (Å²) in [5.74, 6) is 1.34. The van der Waals surface area contributed by atoms with E-state index >= 15 is 0 Å². The lowest BCUT2D eigenvalue weighted by molar-refractivity contribution is -0.121. The maximum atomic E-state index is 11.5. The Bertz CT molecular complexity index is 434. The summed E-state index contributed by atoms with van der Waals surface area (Å²) >= 11 is 7.27. The molecule has 1 aromatic rings. The number of carbonyl (C=O) groups is 1. The lowest BCUT2D eigenvalue weighted by Gasteiger charge is -2.06. The zero-order valence-electron chi connectivity index (χ0n) is 8.98. The molecule has 0 unspecified atom stereocenters. The Hall–Kier alpha value is -1.20.